The summed E-state index contributed by atoms with van der Waals surface area (Å²) in [5.41, 5.74) is 3.03. The summed E-state index contributed by atoms with van der Waals surface area (Å²) in [6.45, 7) is 2.31. The van der Waals surface area contributed by atoms with Crippen molar-refractivity contribution in [3.63, 3.8) is 0 Å². The number of halogens is 1. The third-order valence-electron chi connectivity index (χ3n) is 5.50. The highest BCUT2D eigenvalue weighted by molar-refractivity contribution is 5.90. The summed E-state index contributed by atoms with van der Waals surface area (Å²) >= 11 is 0. The van der Waals surface area contributed by atoms with Gasteiger partial charge in [-0.1, -0.05) is 36.4 Å². The maximum atomic E-state index is 13.9. The number of amides is 2. The summed E-state index contributed by atoms with van der Waals surface area (Å²) in [5.74, 6) is -1.07. The van der Waals surface area contributed by atoms with Gasteiger partial charge in [0.2, 0.25) is 5.91 Å². The van der Waals surface area contributed by atoms with Crippen molar-refractivity contribution < 1.29 is 18.7 Å². The third-order valence-corrected chi connectivity index (χ3v) is 5.50. The second-order valence-electron chi connectivity index (χ2n) is 7.67. The van der Waals surface area contributed by atoms with Crippen molar-refractivity contribution in [1.82, 2.24) is 15.2 Å². The second kappa shape index (κ2) is 9.60. The summed E-state index contributed by atoms with van der Waals surface area (Å²) in [5, 5.41) is 2.83. The van der Waals surface area contributed by atoms with Gasteiger partial charge in [0, 0.05) is 31.9 Å². The van der Waals surface area contributed by atoms with Crippen LogP contribution in [0.3, 0.4) is 0 Å². The molecule has 2 heterocycles. The van der Waals surface area contributed by atoms with E-state index in [1.54, 1.807) is 31.5 Å². The van der Waals surface area contributed by atoms with Crippen LogP contribution in [0.2, 0.25) is 0 Å². The van der Waals surface area contributed by atoms with Crippen LogP contribution in [0.15, 0.2) is 73.1 Å². The van der Waals surface area contributed by atoms with E-state index in [1.165, 1.54) is 17.0 Å². The molecule has 0 saturated carbocycles. The molecule has 2 aromatic carbocycles. The number of pyridine rings is 1. The van der Waals surface area contributed by atoms with Crippen molar-refractivity contribution >= 4 is 11.8 Å². The molecule has 2 atom stereocenters. The molecular formula is C25H24FN3O3. The number of ether oxygens (including phenoxy) is 1. The Morgan fingerprint density at radius 3 is 2.53 bits per heavy atom. The van der Waals surface area contributed by atoms with E-state index in [0.717, 1.165) is 16.7 Å². The van der Waals surface area contributed by atoms with E-state index < -0.39 is 18.0 Å². The summed E-state index contributed by atoms with van der Waals surface area (Å²) in [7, 11) is 0. The molecule has 0 bridgehead atoms. The molecule has 1 N–H and O–H groups in total. The van der Waals surface area contributed by atoms with Crippen molar-refractivity contribution in [2.75, 3.05) is 13.1 Å². The highest BCUT2D eigenvalue weighted by Crippen LogP contribution is 2.22. The summed E-state index contributed by atoms with van der Waals surface area (Å²) in [4.78, 5) is 31.3. The number of rotatable bonds is 6. The van der Waals surface area contributed by atoms with Gasteiger partial charge in [-0.2, -0.15) is 0 Å². The van der Waals surface area contributed by atoms with E-state index in [0.29, 0.717) is 19.5 Å². The molecule has 2 amide bonds. The van der Waals surface area contributed by atoms with E-state index in [1.807, 2.05) is 36.4 Å². The van der Waals surface area contributed by atoms with Crippen LogP contribution in [0.5, 0.6) is 5.75 Å². The normalized spacial score (nSPS) is 16.9. The summed E-state index contributed by atoms with van der Waals surface area (Å²) in [6, 6.07) is 17.0. The highest BCUT2D eigenvalue weighted by Gasteiger charge is 2.35. The number of hydrogen-bond donors (Lipinski definition) is 1. The van der Waals surface area contributed by atoms with Gasteiger partial charge in [0.15, 0.2) is 17.7 Å². The van der Waals surface area contributed by atoms with Crippen molar-refractivity contribution in [3.05, 3.63) is 84.4 Å². The SMILES string of the molecule is C[C@@H](Oc1ccccc1F)C(=O)N1CCNC(=O)[C@@H]1Cc1ccc(-c2ccncc2)cc1. The predicted molar refractivity (Wildman–Crippen MR) is 118 cm³/mol. The van der Waals surface area contributed by atoms with Crippen LogP contribution in [0.25, 0.3) is 11.1 Å². The van der Waals surface area contributed by atoms with E-state index in [9.17, 15) is 14.0 Å². The molecule has 0 radical (unpaired) electrons. The smallest absolute Gasteiger partial charge is 0.264 e. The molecule has 1 saturated heterocycles. The maximum absolute atomic E-state index is 13.9. The van der Waals surface area contributed by atoms with E-state index in [4.69, 9.17) is 4.74 Å². The average Bonchev–Trinajstić information content (AvgIpc) is 2.82. The molecule has 7 heteroatoms. The van der Waals surface area contributed by atoms with E-state index >= 15 is 0 Å². The molecule has 1 aliphatic rings. The van der Waals surface area contributed by atoms with Crippen molar-refractivity contribution in [2.24, 2.45) is 0 Å². The van der Waals surface area contributed by atoms with Gasteiger partial charge in [-0.3, -0.25) is 14.6 Å². The van der Waals surface area contributed by atoms with Gasteiger partial charge in [-0.05, 0) is 47.9 Å². The number of nitrogens with zero attached hydrogens (tertiary/aromatic N) is 2. The number of nitrogens with one attached hydrogen (secondary N) is 1. The first-order valence-electron chi connectivity index (χ1n) is 10.5. The van der Waals surface area contributed by atoms with Crippen LogP contribution in [-0.2, 0) is 16.0 Å². The van der Waals surface area contributed by atoms with Crippen molar-refractivity contribution in [2.45, 2.75) is 25.5 Å². The van der Waals surface area contributed by atoms with Gasteiger partial charge in [0.05, 0.1) is 0 Å². The Hall–Kier alpha value is -3.74. The van der Waals surface area contributed by atoms with Crippen LogP contribution in [-0.4, -0.2) is 46.9 Å². The minimum Gasteiger partial charge on any atom is -0.478 e. The number of benzene rings is 2. The molecule has 0 spiro atoms. The molecule has 0 unspecified atom stereocenters. The number of hydrogen-bond acceptors (Lipinski definition) is 4. The fraction of sp³-hybridized carbons (Fsp3) is 0.240. The number of piperazine rings is 1. The standard InChI is InChI=1S/C25H24FN3O3/c1-17(32-23-5-3-2-4-21(23)26)25(31)29-15-14-28-24(30)22(29)16-18-6-8-19(9-7-18)20-10-12-27-13-11-20/h2-13,17,22H,14-16H2,1H3,(H,28,30)/t17-,22+/m1/s1. The van der Waals surface area contributed by atoms with Gasteiger partial charge in [0.1, 0.15) is 6.04 Å². The van der Waals surface area contributed by atoms with Gasteiger partial charge >= 0.3 is 0 Å². The molecule has 1 aliphatic heterocycles. The summed E-state index contributed by atoms with van der Waals surface area (Å²) < 4.78 is 19.5. The van der Waals surface area contributed by atoms with Crippen LogP contribution < -0.4 is 10.1 Å². The minimum atomic E-state index is -0.922. The van der Waals surface area contributed by atoms with Gasteiger partial charge in [-0.15, -0.1) is 0 Å². The average molecular weight is 433 g/mol. The Morgan fingerprint density at radius 2 is 1.81 bits per heavy atom. The first kappa shape index (κ1) is 21.5. The molecule has 1 aromatic heterocycles. The van der Waals surface area contributed by atoms with Gasteiger partial charge in [0.25, 0.3) is 5.91 Å². The topological polar surface area (TPSA) is 71.5 Å². The van der Waals surface area contributed by atoms with Crippen LogP contribution in [0, 0.1) is 5.82 Å². The zero-order chi connectivity index (χ0) is 22.5. The zero-order valence-electron chi connectivity index (χ0n) is 17.7. The molecule has 1 fully saturated rings. The summed E-state index contributed by atoms with van der Waals surface area (Å²) in [6.07, 6.45) is 2.93. The zero-order valence-corrected chi connectivity index (χ0v) is 17.7. The van der Waals surface area contributed by atoms with Crippen molar-refractivity contribution in [3.8, 4) is 16.9 Å². The molecule has 0 aliphatic carbocycles. The molecular weight excluding hydrogens is 409 g/mol. The predicted octanol–water partition coefficient (Wildman–Crippen LogP) is 3.22. The molecule has 4 rings (SSSR count). The lowest BCUT2D eigenvalue weighted by Crippen LogP contribution is -2.60. The fourth-order valence-corrected chi connectivity index (χ4v) is 3.80. The number of aromatic nitrogens is 1. The maximum Gasteiger partial charge on any atom is 0.264 e. The van der Waals surface area contributed by atoms with Crippen molar-refractivity contribution in [1.29, 1.82) is 0 Å². The number of carbonyl (C=O) groups excluding carboxylic acids is 2. The van der Waals surface area contributed by atoms with Crippen LogP contribution in [0.4, 0.5) is 4.39 Å². The van der Waals surface area contributed by atoms with Crippen LogP contribution >= 0.6 is 0 Å². The minimum absolute atomic E-state index is 0.0121. The largest absolute Gasteiger partial charge is 0.478 e. The van der Waals surface area contributed by atoms with Crippen LogP contribution in [0.1, 0.15) is 12.5 Å². The Balaban J connectivity index is 1.48. The quantitative estimate of drug-likeness (QED) is 0.648. The van der Waals surface area contributed by atoms with E-state index in [2.05, 4.69) is 10.3 Å². The lowest BCUT2D eigenvalue weighted by atomic mass is 9.99. The molecule has 164 valence electrons. The third kappa shape index (κ3) is 4.77. The fourth-order valence-electron chi connectivity index (χ4n) is 3.80. The number of carbonyl (C=O) groups is 2. The molecule has 3 aromatic rings. The Morgan fingerprint density at radius 1 is 1.12 bits per heavy atom. The Kier molecular flexibility index (Phi) is 6.44. The lowest BCUT2D eigenvalue weighted by molar-refractivity contribution is -0.148. The number of para-hydroxylation sites is 1. The van der Waals surface area contributed by atoms with E-state index in [-0.39, 0.29) is 17.6 Å². The molecule has 6 nitrogen and oxygen atoms in total. The van der Waals surface area contributed by atoms with Gasteiger partial charge < -0.3 is 15.0 Å². The van der Waals surface area contributed by atoms with Gasteiger partial charge in [-0.25, -0.2) is 4.39 Å². The first-order chi connectivity index (χ1) is 15.5. The molecule has 32 heavy (non-hydrogen) atoms. The Bertz CT molecular complexity index is 1090. The first-order valence-corrected chi connectivity index (χ1v) is 10.5. The monoisotopic (exact) mass is 433 g/mol. The highest BCUT2D eigenvalue weighted by atomic mass is 19.1. The Labute approximate surface area is 186 Å². The second-order valence-corrected chi connectivity index (χ2v) is 7.67. The lowest BCUT2D eigenvalue weighted by Gasteiger charge is -2.36.